The molecule has 2 aromatic heterocycles. The summed E-state index contributed by atoms with van der Waals surface area (Å²) in [5.74, 6) is 0.375. The fraction of sp³-hybridized carbons (Fsp3) is 0.429. The number of hydrogen-bond acceptors (Lipinski definition) is 4. The molecule has 1 aliphatic carbocycles. The molecule has 1 saturated carbocycles. The first-order chi connectivity index (χ1) is 9.90. The third-order valence-electron chi connectivity index (χ3n) is 3.76. The molecular formula is C14H18N4O2S. The van der Waals surface area contributed by atoms with E-state index in [1.807, 2.05) is 0 Å². The van der Waals surface area contributed by atoms with Gasteiger partial charge in [0.15, 0.2) is 0 Å². The van der Waals surface area contributed by atoms with Gasteiger partial charge in [-0.2, -0.15) is 5.10 Å². The number of aromatic nitrogens is 3. The molecule has 0 bridgehead atoms. The SMILES string of the molecule is Cc1nn(C)c(C)c1S(=O)(=O)Nc1cccnc1C1CC1. The summed E-state index contributed by atoms with van der Waals surface area (Å²) in [5, 5.41) is 4.17. The lowest BCUT2D eigenvalue weighted by molar-refractivity contribution is 0.599. The summed E-state index contributed by atoms with van der Waals surface area (Å²) < 4.78 is 29.6. The first-order valence-electron chi connectivity index (χ1n) is 6.88. The van der Waals surface area contributed by atoms with E-state index in [0.717, 1.165) is 18.5 Å². The maximum atomic E-state index is 12.7. The van der Waals surface area contributed by atoms with Crippen molar-refractivity contribution >= 4 is 15.7 Å². The standard InChI is InChI=1S/C14H18N4O2S/c1-9-14(10(2)18(3)16-9)21(19,20)17-12-5-4-8-15-13(12)11-6-7-11/h4-5,8,11,17H,6-7H2,1-3H3. The Morgan fingerprint density at radius 3 is 2.62 bits per heavy atom. The molecule has 1 aliphatic rings. The van der Waals surface area contributed by atoms with Crippen LogP contribution in [0.25, 0.3) is 0 Å². The van der Waals surface area contributed by atoms with Gasteiger partial charge in [0.25, 0.3) is 10.0 Å². The zero-order valence-corrected chi connectivity index (χ0v) is 13.1. The first-order valence-corrected chi connectivity index (χ1v) is 8.36. The Balaban J connectivity index is 2.01. The van der Waals surface area contributed by atoms with E-state index in [4.69, 9.17) is 0 Å². The van der Waals surface area contributed by atoms with Crippen LogP contribution in [-0.4, -0.2) is 23.2 Å². The normalized spacial score (nSPS) is 15.2. The Morgan fingerprint density at radius 1 is 1.33 bits per heavy atom. The van der Waals surface area contributed by atoms with E-state index in [1.54, 1.807) is 43.9 Å². The van der Waals surface area contributed by atoms with Crippen molar-refractivity contribution in [3.05, 3.63) is 35.4 Å². The summed E-state index contributed by atoms with van der Waals surface area (Å²) in [7, 11) is -1.92. The molecule has 112 valence electrons. The molecular weight excluding hydrogens is 288 g/mol. The molecule has 2 aromatic rings. The van der Waals surface area contributed by atoms with Crippen LogP contribution in [0.15, 0.2) is 23.2 Å². The average Bonchev–Trinajstić information content (AvgIpc) is 3.18. The van der Waals surface area contributed by atoms with E-state index in [0.29, 0.717) is 23.0 Å². The summed E-state index contributed by atoms with van der Waals surface area (Å²) in [4.78, 5) is 4.57. The van der Waals surface area contributed by atoms with E-state index in [2.05, 4.69) is 14.8 Å². The summed E-state index contributed by atoms with van der Waals surface area (Å²) >= 11 is 0. The zero-order chi connectivity index (χ0) is 15.2. The van der Waals surface area contributed by atoms with Gasteiger partial charge in [0.2, 0.25) is 0 Å². The molecule has 1 fully saturated rings. The van der Waals surface area contributed by atoms with Crippen molar-refractivity contribution < 1.29 is 8.42 Å². The fourth-order valence-electron chi connectivity index (χ4n) is 2.52. The Bertz CT molecular complexity index is 791. The van der Waals surface area contributed by atoms with Crippen LogP contribution < -0.4 is 4.72 Å². The second-order valence-corrected chi connectivity index (χ2v) is 7.06. The fourth-order valence-corrected chi connectivity index (χ4v) is 4.04. The van der Waals surface area contributed by atoms with Gasteiger partial charge in [0, 0.05) is 19.2 Å². The maximum absolute atomic E-state index is 12.7. The third kappa shape index (κ3) is 2.53. The van der Waals surface area contributed by atoms with Gasteiger partial charge in [-0.25, -0.2) is 8.42 Å². The summed E-state index contributed by atoms with van der Waals surface area (Å²) in [6.45, 7) is 3.45. The lowest BCUT2D eigenvalue weighted by Crippen LogP contribution is -2.16. The monoisotopic (exact) mass is 306 g/mol. The van der Waals surface area contributed by atoms with Gasteiger partial charge in [-0.1, -0.05) is 0 Å². The van der Waals surface area contributed by atoms with E-state index in [-0.39, 0.29) is 4.90 Å². The van der Waals surface area contributed by atoms with Gasteiger partial charge in [-0.15, -0.1) is 0 Å². The highest BCUT2D eigenvalue weighted by Crippen LogP contribution is 2.42. The lowest BCUT2D eigenvalue weighted by atomic mass is 10.2. The predicted molar refractivity (Wildman–Crippen MR) is 79.7 cm³/mol. The smallest absolute Gasteiger partial charge is 0.265 e. The predicted octanol–water partition coefficient (Wildman–Crippen LogP) is 2.11. The number of aryl methyl sites for hydroxylation is 2. The van der Waals surface area contributed by atoms with Crippen LogP contribution in [0, 0.1) is 13.8 Å². The zero-order valence-electron chi connectivity index (χ0n) is 12.3. The molecule has 7 heteroatoms. The molecule has 3 rings (SSSR count). The molecule has 0 radical (unpaired) electrons. The quantitative estimate of drug-likeness (QED) is 0.938. The van der Waals surface area contributed by atoms with Gasteiger partial charge in [-0.05, 0) is 38.8 Å². The molecule has 0 spiro atoms. The maximum Gasteiger partial charge on any atom is 0.265 e. The van der Waals surface area contributed by atoms with Gasteiger partial charge < -0.3 is 0 Å². The Morgan fingerprint density at radius 2 is 2.05 bits per heavy atom. The van der Waals surface area contributed by atoms with Crippen LogP contribution in [0.4, 0.5) is 5.69 Å². The molecule has 2 heterocycles. The number of nitrogens with zero attached hydrogens (tertiary/aromatic N) is 3. The average molecular weight is 306 g/mol. The summed E-state index contributed by atoms with van der Waals surface area (Å²) in [5.41, 5.74) is 2.53. The van der Waals surface area contributed by atoms with E-state index >= 15 is 0 Å². The number of rotatable bonds is 4. The van der Waals surface area contributed by atoms with E-state index in [9.17, 15) is 8.42 Å². The number of anilines is 1. The minimum absolute atomic E-state index is 0.246. The van der Waals surface area contributed by atoms with Crippen LogP contribution >= 0.6 is 0 Å². The molecule has 1 N–H and O–H groups in total. The van der Waals surface area contributed by atoms with E-state index < -0.39 is 10.0 Å². The van der Waals surface area contributed by atoms with Crippen LogP contribution in [0.5, 0.6) is 0 Å². The van der Waals surface area contributed by atoms with E-state index in [1.165, 1.54) is 0 Å². The van der Waals surface area contributed by atoms with Crippen molar-refractivity contribution in [2.24, 2.45) is 7.05 Å². The highest BCUT2D eigenvalue weighted by molar-refractivity contribution is 7.92. The van der Waals surface area contributed by atoms with Gasteiger partial charge >= 0.3 is 0 Å². The topological polar surface area (TPSA) is 76.9 Å². The van der Waals surface area contributed by atoms with Crippen molar-refractivity contribution in [3.8, 4) is 0 Å². The molecule has 0 aliphatic heterocycles. The van der Waals surface area contributed by atoms with Crippen molar-refractivity contribution in [1.29, 1.82) is 0 Å². The first kappa shape index (κ1) is 14.1. The molecule has 0 amide bonds. The minimum Gasteiger partial charge on any atom is -0.278 e. The minimum atomic E-state index is -3.66. The molecule has 6 nitrogen and oxygen atoms in total. The molecule has 0 atom stereocenters. The highest BCUT2D eigenvalue weighted by Gasteiger charge is 2.30. The Hall–Kier alpha value is -1.89. The number of pyridine rings is 1. The lowest BCUT2D eigenvalue weighted by Gasteiger charge is -2.11. The second kappa shape index (κ2) is 4.84. The molecule has 0 unspecified atom stereocenters. The van der Waals surface area contributed by atoms with Crippen LogP contribution in [0.2, 0.25) is 0 Å². The molecule has 0 aromatic carbocycles. The van der Waals surface area contributed by atoms with Crippen LogP contribution in [0.3, 0.4) is 0 Å². The second-order valence-electron chi connectivity index (χ2n) is 5.44. The highest BCUT2D eigenvalue weighted by atomic mass is 32.2. The van der Waals surface area contributed by atoms with Gasteiger partial charge in [0.1, 0.15) is 4.90 Å². The van der Waals surface area contributed by atoms with Crippen LogP contribution in [-0.2, 0) is 17.1 Å². The van der Waals surface area contributed by atoms with Crippen molar-refractivity contribution in [2.45, 2.75) is 37.5 Å². The Labute approximate surface area is 124 Å². The molecule has 0 saturated heterocycles. The van der Waals surface area contributed by atoms with Crippen molar-refractivity contribution in [2.75, 3.05) is 4.72 Å². The van der Waals surface area contributed by atoms with Crippen molar-refractivity contribution in [1.82, 2.24) is 14.8 Å². The largest absolute Gasteiger partial charge is 0.278 e. The summed E-state index contributed by atoms with van der Waals surface area (Å²) in [6, 6.07) is 3.51. The number of sulfonamides is 1. The number of hydrogen-bond donors (Lipinski definition) is 1. The number of nitrogens with one attached hydrogen (secondary N) is 1. The summed E-state index contributed by atoms with van der Waals surface area (Å²) in [6.07, 6.45) is 3.83. The third-order valence-corrected chi connectivity index (χ3v) is 5.38. The Kier molecular flexibility index (Phi) is 3.24. The molecule has 21 heavy (non-hydrogen) atoms. The van der Waals surface area contributed by atoms with Crippen molar-refractivity contribution in [3.63, 3.8) is 0 Å². The van der Waals surface area contributed by atoms with Gasteiger partial charge in [-0.3, -0.25) is 14.4 Å². The van der Waals surface area contributed by atoms with Crippen LogP contribution in [0.1, 0.15) is 35.8 Å². The van der Waals surface area contributed by atoms with Gasteiger partial charge in [0.05, 0.1) is 22.8 Å².